The highest BCUT2D eigenvalue weighted by atomic mass is 32.1. The first kappa shape index (κ1) is 17.2. The fourth-order valence-corrected chi connectivity index (χ4v) is 3.26. The zero-order valence-electron chi connectivity index (χ0n) is 14.0. The maximum absolute atomic E-state index is 12.1. The van der Waals surface area contributed by atoms with Crippen molar-refractivity contribution in [1.29, 1.82) is 0 Å². The first-order valence-electron chi connectivity index (χ1n) is 8.26. The third kappa shape index (κ3) is 4.67. The number of rotatable bonds is 6. The van der Waals surface area contributed by atoms with Crippen LogP contribution in [0, 0.1) is 0 Å². The molecule has 3 aromatic rings. The molecule has 128 valence electrons. The Morgan fingerprint density at radius 1 is 1.16 bits per heavy atom. The Hall–Kier alpha value is -2.66. The first-order chi connectivity index (χ1) is 12.1. The lowest BCUT2D eigenvalue weighted by Crippen LogP contribution is -2.12. The quantitative estimate of drug-likeness (QED) is 0.679. The van der Waals surface area contributed by atoms with E-state index in [1.165, 1.54) is 16.9 Å². The number of phenols is 1. The van der Waals surface area contributed by atoms with E-state index in [1.807, 2.05) is 11.4 Å². The lowest BCUT2D eigenvalue weighted by atomic mass is 10.1. The fraction of sp³-hybridized carbons (Fsp3) is 0.200. The van der Waals surface area contributed by atoms with Crippen LogP contribution in [0.1, 0.15) is 24.5 Å². The molecule has 0 atom stereocenters. The van der Waals surface area contributed by atoms with E-state index in [0.29, 0.717) is 18.0 Å². The van der Waals surface area contributed by atoms with E-state index >= 15 is 0 Å². The number of nitrogens with zero attached hydrogens (tertiary/aromatic N) is 1. The first-order valence-corrected chi connectivity index (χ1v) is 9.14. The summed E-state index contributed by atoms with van der Waals surface area (Å²) in [7, 11) is 0. The van der Waals surface area contributed by atoms with Crippen LogP contribution < -0.4 is 5.32 Å². The van der Waals surface area contributed by atoms with Gasteiger partial charge < -0.3 is 10.4 Å². The summed E-state index contributed by atoms with van der Waals surface area (Å²) in [4.78, 5) is 16.6. The molecule has 0 spiro atoms. The molecule has 3 rings (SSSR count). The number of benzene rings is 2. The molecule has 25 heavy (non-hydrogen) atoms. The SMILES string of the molecule is CCc1ccc(-c2csc(NC(=O)CCc3cccc(O)c3)n2)cc1. The highest BCUT2D eigenvalue weighted by Gasteiger charge is 2.08. The zero-order chi connectivity index (χ0) is 17.6. The Morgan fingerprint density at radius 3 is 2.68 bits per heavy atom. The monoisotopic (exact) mass is 352 g/mol. The van der Waals surface area contributed by atoms with Crippen molar-refractivity contribution in [3.05, 3.63) is 65.0 Å². The number of carbonyl (C=O) groups is 1. The summed E-state index contributed by atoms with van der Waals surface area (Å²) >= 11 is 1.42. The molecule has 0 radical (unpaired) electrons. The Bertz CT molecular complexity index is 856. The second-order valence-electron chi connectivity index (χ2n) is 5.81. The van der Waals surface area contributed by atoms with Crippen molar-refractivity contribution in [2.75, 3.05) is 5.32 Å². The number of hydrogen-bond donors (Lipinski definition) is 2. The van der Waals surface area contributed by atoms with Crippen molar-refractivity contribution >= 4 is 22.4 Å². The van der Waals surface area contributed by atoms with Gasteiger partial charge >= 0.3 is 0 Å². The van der Waals surface area contributed by atoms with Gasteiger partial charge in [0, 0.05) is 17.4 Å². The van der Waals surface area contributed by atoms with Gasteiger partial charge in [-0.25, -0.2) is 4.98 Å². The predicted octanol–water partition coefficient (Wildman–Crippen LogP) is 4.65. The molecule has 2 aromatic carbocycles. The average molecular weight is 352 g/mol. The van der Waals surface area contributed by atoms with Gasteiger partial charge in [-0.1, -0.05) is 43.3 Å². The van der Waals surface area contributed by atoms with E-state index in [9.17, 15) is 9.90 Å². The summed E-state index contributed by atoms with van der Waals surface area (Å²) in [6.07, 6.45) is 1.94. The summed E-state index contributed by atoms with van der Waals surface area (Å²) in [6, 6.07) is 15.3. The molecule has 2 N–H and O–H groups in total. The summed E-state index contributed by atoms with van der Waals surface area (Å²) in [5.74, 6) is 0.141. The van der Waals surface area contributed by atoms with Gasteiger partial charge in [0.2, 0.25) is 5.91 Å². The number of anilines is 1. The van der Waals surface area contributed by atoms with Gasteiger partial charge in [0.15, 0.2) is 5.13 Å². The maximum Gasteiger partial charge on any atom is 0.226 e. The molecule has 0 aliphatic rings. The molecule has 0 unspecified atom stereocenters. The number of carbonyl (C=O) groups excluding carboxylic acids is 1. The van der Waals surface area contributed by atoms with Crippen LogP contribution in [-0.4, -0.2) is 16.0 Å². The van der Waals surface area contributed by atoms with E-state index in [2.05, 4.69) is 41.5 Å². The molecular formula is C20H20N2O2S. The van der Waals surface area contributed by atoms with Gasteiger partial charge in [-0.3, -0.25) is 4.79 Å². The molecule has 1 aromatic heterocycles. The standard InChI is InChI=1S/C20H20N2O2S/c1-2-14-6-9-16(10-7-14)18-13-25-20(21-18)22-19(24)11-8-15-4-3-5-17(23)12-15/h3-7,9-10,12-13,23H,2,8,11H2,1H3,(H,21,22,24). The second-order valence-corrected chi connectivity index (χ2v) is 6.66. The summed E-state index contributed by atoms with van der Waals surface area (Å²) in [5, 5.41) is 14.9. The number of hydrogen-bond acceptors (Lipinski definition) is 4. The number of aromatic hydroxyl groups is 1. The molecular weight excluding hydrogens is 332 g/mol. The van der Waals surface area contributed by atoms with Crippen molar-refractivity contribution < 1.29 is 9.90 Å². The van der Waals surface area contributed by atoms with E-state index in [1.54, 1.807) is 18.2 Å². The summed E-state index contributed by atoms with van der Waals surface area (Å²) < 4.78 is 0. The van der Waals surface area contributed by atoms with Gasteiger partial charge in [0.05, 0.1) is 5.69 Å². The molecule has 0 fully saturated rings. The highest BCUT2D eigenvalue weighted by molar-refractivity contribution is 7.14. The van der Waals surface area contributed by atoms with Crippen LogP contribution in [0.25, 0.3) is 11.3 Å². The number of amides is 1. The Balaban J connectivity index is 1.57. The van der Waals surface area contributed by atoms with Crippen LogP contribution in [0.3, 0.4) is 0 Å². The van der Waals surface area contributed by atoms with Crippen molar-refractivity contribution in [3.63, 3.8) is 0 Å². The second kappa shape index (κ2) is 7.94. The molecule has 1 amide bonds. The van der Waals surface area contributed by atoms with Crippen LogP contribution in [0.15, 0.2) is 53.9 Å². The van der Waals surface area contributed by atoms with Crippen LogP contribution in [0.2, 0.25) is 0 Å². The average Bonchev–Trinajstić information content (AvgIpc) is 3.08. The number of nitrogens with one attached hydrogen (secondary N) is 1. The van der Waals surface area contributed by atoms with Gasteiger partial charge in [0.1, 0.15) is 5.75 Å². The molecule has 0 aliphatic carbocycles. The van der Waals surface area contributed by atoms with E-state index < -0.39 is 0 Å². The van der Waals surface area contributed by atoms with E-state index in [4.69, 9.17) is 0 Å². The number of aryl methyl sites for hydroxylation is 2. The molecule has 1 heterocycles. The summed E-state index contributed by atoms with van der Waals surface area (Å²) in [6.45, 7) is 2.13. The number of thiazole rings is 1. The molecule has 0 bridgehead atoms. The Kier molecular flexibility index (Phi) is 5.46. The van der Waals surface area contributed by atoms with Gasteiger partial charge in [0.25, 0.3) is 0 Å². The molecule has 0 saturated carbocycles. The van der Waals surface area contributed by atoms with E-state index in [0.717, 1.165) is 23.2 Å². The zero-order valence-corrected chi connectivity index (χ0v) is 14.8. The van der Waals surface area contributed by atoms with Crippen molar-refractivity contribution in [1.82, 2.24) is 4.98 Å². The van der Waals surface area contributed by atoms with Crippen LogP contribution >= 0.6 is 11.3 Å². The van der Waals surface area contributed by atoms with Gasteiger partial charge in [-0.15, -0.1) is 11.3 Å². The Labute approximate surface area is 151 Å². The molecule has 0 aliphatic heterocycles. The number of aromatic nitrogens is 1. The largest absolute Gasteiger partial charge is 0.508 e. The topological polar surface area (TPSA) is 62.2 Å². The molecule has 5 heteroatoms. The maximum atomic E-state index is 12.1. The normalized spacial score (nSPS) is 10.6. The minimum atomic E-state index is -0.0782. The fourth-order valence-electron chi connectivity index (χ4n) is 2.53. The smallest absolute Gasteiger partial charge is 0.226 e. The molecule has 4 nitrogen and oxygen atoms in total. The van der Waals surface area contributed by atoms with Crippen LogP contribution in [0.4, 0.5) is 5.13 Å². The third-order valence-electron chi connectivity index (χ3n) is 3.96. The van der Waals surface area contributed by atoms with Gasteiger partial charge in [-0.2, -0.15) is 0 Å². The predicted molar refractivity (Wildman–Crippen MR) is 102 cm³/mol. The summed E-state index contributed by atoms with van der Waals surface area (Å²) in [5.41, 5.74) is 4.15. The number of phenolic OH excluding ortho intramolecular Hbond substituents is 1. The third-order valence-corrected chi connectivity index (χ3v) is 4.72. The van der Waals surface area contributed by atoms with E-state index in [-0.39, 0.29) is 11.7 Å². The van der Waals surface area contributed by atoms with Crippen molar-refractivity contribution in [2.24, 2.45) is 0 Å². The Morgan fingerprint density at radius 2 is 1.96 bits per heavy atom. The lowest BCUT2D eigenvalue weighted by molar-refractivity contribution is -0.116. The van der Waals surface area contributed by atoms with Crippen molar-refractivity contribution in [2.45, 2.75) is 26.2 Å². The highest BCUT2D eigenvalue weighted by Crippen LogP contribution is 2.25. The minimum Gasteiger partial charge on any atom is -0.508 e. The van der Waals surface area contributed by atoms with Crippen molar-refractivity contribution in [3.8, 4) is 17.0 Å². The molecule has 0 saturated heterocycles. The van der Waals surface area contributed by atoms with Gasteiger partial charge in [-0.05, 0) is 36.1 Å². The van der Waals surface area contributed by atoms with Crippen LogP contribution in [0.5, 0.6) is 5.75 Å². The lowest BCUT2D eigenvalue weighted by Gasteiger charge is -2.03. The van der Waals surface area contributed by atoms with Crippen LogP contribution in [-0.2, 0) is 17.6 Å². The minimum absolute atomic E-state index is 0.0782.